The van der Waals surface area contributed by atoms with E-state index in [1.165, 1.54) is 21.3 Å². The molecule has 0 saturated carbocycles. The van der Waals surface area contributed by atoms with Crippen molar-refractivity contribution in [1.29, 1.82) is 0 Å². The van der Waals surface area contributed by atoms with Gasteiger partial charge in [0, 0.05) is 24.2 Å². The highest BCUT2D eigenvalue weighted by atomic mass is 16.5. The lowest BCUT2D eigenvalue weighted by molar-refractivity contribution is -0.127. The van der Waals surface area contributed by atoms with E-state index < -0.39 is 6.04 Å². The molecule has 2 aromatic carbocycles. The maximum Gasteiger partial charge on any atom is 0.251 e. The van der Waals surface area contributed by atoms with Crippen molar-refractivity contribution >= 4 is 17.5 Å². The van der Waals surface area contributed by atoms with Crippen LogP contribution in [0, 0.1) is 5.92 Å². The fraction of sp³-hybridized carbons (Fsp3) is 0.364. The monoisotopic (exact) mass is 400 g/mol. The lowest BCUT2D eigenvalue weighted by atomic mass is 10.0. The largest absolute Gasteiger partial charge is 0.493 e. The Morgan fingerprint density at radius 1 is 0.931 bits per heavy atom. The molecule has 2 amide bonds. The summed E-state index contributed by atoms with van der Waals surface area (Å²) in [5.74, 6) is 0.892. The van der Waals surface area contributed by atoms with Gasteiger partial charge < -0.3 is 24.8 Å². The Labute approximate surface area is 171 Å². The molecule has 7 nitrogen and oxygen atoms in total. The number of carbonyl (C=O) groups excluding carboxylic acids is 2. The van der Waals surface area contributed by atoms with Crippen molar-refractivity contribution in [1.82, 2.24) is 5.32 Å². The normalized spacial score (nSPS) is 11.5. The van der Waals surface area contributed by atoms with Crippen molar-refractivity contribution in [2.75, 3.05) is 26.6 Å². The molecule has 0 fully saturated rings. The van der Waals surface area contributed by atoms with Gasteiger partial charge in [-0.2, -0.15) is 0 Å². The van der Waals surface area contributed by atoms with Gasteiger partial charge in [-0.1, -0.05) is 44.2 Å². The molecule has 0 heterocycles. The third kappa shape index (κ3) is 5.88. The minimum absolute atomic E-state index is 0.185. The average Bonchev–Trinajstić information content (AvgIpc) is 2.71. The second kappa shape index (κ2) is 10.4. The van der Waals surface area contributed by atoms with Crippen LogP contribution in [0.2, 0.25) is 0 Å². The third-order valence-electron chi connectivity index (χ3n) is 4.23. The molecule has 0 radical (unpaired) electrons. The lowest BCUT2D eigenvalue weighted by Crippen LogP contribution is -2.37. The predicted octanol–water partition coefficient (Wildman–Crippen LogP) is 3.55. The van der Waals surface area contributed by atoms with Gasteiger partial charge in [-0.05, 0) is 11.5 Å². The van der Waals surface area contributed by atoms with E-state index in [1.54, 1.807) is 24.3 Å². The van der Waals surface area contributed by atoms with Crippen molar-refractivity contribution in [3.8, 4) is 17.2 Å². The molecule has 2 aromatic rings. The molecule has 156 valence electrons. The topological polar surface area (TPSA) is 85.9 Å². The number of methoxy groups -OCH3 is 3. The summed E-state index contributed by atoms with van der Waals surface area (Å²) in [7, 11) is 4.51. The second-order valence-electron chi connectivity index (χ2n) is 6.91. The number of ether oxygens (including phenoxy) is 3. The summed E-state index contributed by atoms with van der Waals surface area (Å²) >= 11 is 0. The number of benzene rings is 2. The minimum atomic E-state index is -0.832. The summed E-state index contributed by atoms with van der Waals surface area (Å²) < 4.78 is 16.0. The van der Waals surface area contributed by atoms with Crippen molar-refractivity contribution in [3.63, 3.8) is 0 Å². The van der Waals surface area contributed by atoms with Crippen molar-refractivity contribution < 1.29 is 23.8 Å². The molecule has 29 heavy (non-hydrogen) atoms. The zero-order chi connectivity index (χ0) is 21.4. The molecule has 0 aromatic heterocycles. The summed E-state index contributed by atoms with van der Waals surface area (Å²) in [6.45, 7) is 3.90. The number of anilines is 1. The number of nitrogens with one attached hydrogen (secondary N) is 2. The van der Waals surface area contributed by atoms with Crippen LogP contribution in [0.4, 0.5) is 5.69 Å². The highest BCUT2D eigenvalue weighted by Crippen LogP contribution is 2.40. The SMILES string of the molecule is COc1cc(NC(=O)C(NC(=O)CC(C)C)c2ccccc2)cc(OC)c1OC. The molecule has 0 bridgehead atoms. The number of hydrogen-bond donors (Lipinski definition) is 2. The average molecular weight is 400 g/mol. The van der Waals surface area contributed by atoms with Crippen LogP contribution in [0.5, 0.6) is 17.2 Å². The van der Waals surface area contributed by atoms with Gasteiger partial charge in [0.25, 0.3) is 5.91 Å². The van der Waals surface area contributed by atoms with Crippen molar-refractivity contribution in [2.24, 2.45) is 5.92 Å². The van der Waals surface area contributed by atoms with E-state index in [4.69, 9.17) is 14.2 Å². The Balaban J connectivity index is 2.31. The van der Waals surface area contributed by atoms with Crippen LogP contribution in [0.1, 0.15) is 31.9 Å². The summed E-state index contributed by atoms with van der Waals surface area (Å²) in [5, 5.41) is 5.66. The highest BCUT2D eigenvalue weighted by molar-refractivity contribution is 5.98. The summed E-state index contributed by atoms with van der Waals surface area (Å²) in [5.41, 5.74) is 1.15. The van der Waals surface area contributed by atoms with Crippen LogP contribution in [0.15, 0.2) is 42.5 Å². The molecule has 1 atom stereocenters. The molecule has 0 aliphatic heterocycles. The van der Waals surface area contributed by atoms with Gasteiger partial charge >= 0.3 is 0 Å². The van der Waals surface area contributed by atoms with Gasteiger partial charge in [-0.15, -0.1) is 0 Å². The number of rotatable bonds is 9. The van der Waals surface area contributed by atoms with Gasteiger partial charge in [0.15, 0.2) is 11.5 Å². The third-order valence-corrected chi connectivity index (χ3v) is 4.23. The zero-order valence-electron chi connectivity index (χ0n) is 17.4. The van der Waals surface area contributed by atoms with Crippen LogP contribution in [0.3, 0.4) is 0 Å². The molecular weight excluding hydrogens is 372 g/mol. The van der Waals surface area contributed by atoms with E-state index in [0.717, 1.165) is 0 Å². The van der Waals surface area contributed by atoms with E-state index in [2.05, 4.69) is 10.6 Å². The van der Waals surface area contributed by atoms with Gasteiger partial charge in [-0.3, -0.25) is 9.59 Å². The zero-order valence-corrected chi connectivity index (χ0v) is 17.4. The number of amides is 2. The van der Waals surface area contributed by atoms with E-state index in [0.29, 0.717) is 34.9 Å². The van der Waals surface area contributed by atoms with E-state index in [1.807, 2.05) is 32.0 Å². The van der Waals surface area contributed by atoms with E-state index in [9.17, 15) is 9.59 Å². The quantitative estimate of drug-likeness (QED) is 0.672. The Hall–Kier alpha value is -3.22. The van der Waals surface area contributed by atoms with Crippen molar-refractivity contribution in [3.05, 3.63) is 48.0 Å². The van der Waals surface area contributed by atoms with E-state index in [-0.39, 0.29) is 17.7 Å². The van der Waals surface area contributed by atoms with Crippen molar-refractivity contribution in [2.45, 2.75) is 26.3 Å². The molecule has 7 heteroatoms. The van der Waals surface area contributed by atoms with Crippen LogP contribution < -0.4 is 24.8 Å². The standard InChI is InChI=1S/C22H28N2O5/c1-14(2)11-19(25)24-20(15-9-7-6-8-10-15)22(26)23-16-12-17(27-3)21(29-5)18(13-16)28-4/h6-10,12-14,20H,11H2,1-5H3,(H,23,26)(H,24,25). The fourth-order valence-electron chi connectivity index (χ4n) is 2.90. The van der Waals surface area contributed by atoms with Gasteiger partial charge in [0.2, 0.25) is 11.7 Å². The molecule has 2 rings (SSSR count). The molecule has 0 aliphatic rings. The first kappa shape index (κ1) is 22.1. The smallest absolute Gasteiger partial charge is 0.251 e. The fourth-order valence-corrected chi connectivity index (χ4v) is 2.90. The predicted molar refractivity (Wildman–Crippen MR) is 112 cm³/mol. The molecule has 0 aliphatic carbocycles. The Morgan fingerprint density at radius 2 is 1.52 bits per heavy atom. The summed E-state index contributed by atoms with van der Waals surface area (Å²) in [4.78, 5) is 25.4. The van der Waals surface area contributed by atoms with Gasteiger partial charge in [-0.25, -0.2) is 0 Å². The molecule has 0 saturated heterocycles. The maximum absolute atomic E-state index is 13.0. The first-order valence-electron chi connectivity index (χ1n) is 9.34. The molecule has 1 unspecified atom stereocenters. The van der Waals surface area contributed by atoms with Crippen LogP contribution >= 0.6 is 0 Å². The van der Waals surface area contributed by atoms with Crippen LogP contribution in [0.25, 0.3) is 0 Å². The van der Waals surface area contributed by atoms with Gasteiger partial charge in [0.1, 0.15) is 6.04 Å². The molecule has 0 spiro atoms. The van der Waals surface area contributed by atoms with Crippen LogP contribution in [-0.2, 0) is 9.59 Å². The van der Waals surface area contributed by atoms with Gasteiger partial charge in [0.05, 0.1) is 21.3 Å². The molecule has 2 N–H and O–H groups in total. The molecular formula is C22H28N2O5. The summed E-state index contributed by atoms with van der Waals surface area (Å²) in [6.07, 6.45) is 0.334. The Morgan fingerprint density at radius 3 is 2.00 bits per heavy atom. The summed E-state index contributed by atoms with van der Waals surface area (Å²) in [6, 6.07) is 11.5. The number of hydrogen-bond acceptors (Lipinski definition) is 5. The van der Waals surface area contributed by atoms with E-state index >= 15 is 0 Å². The Bertz CT molecular complexity index is 811. The first-order chi connectivity index (χ1) is 13.9. The number of carbonyl (C=O) groups is 2. The Kier molecular flexibility index (Phi) is 7.88. The lowest BCUT2D eigenvalue weighted by Gasteiger charge is -2.20. The van der Waals surface area contributed by atoms with Crippen LogP contribution in [-0.4, -0.2) is 33.1 Å². The maximum atomic E-state index is 13.0. The first-order valence-corrected chi connectivity index (χ1v) is 9.34. The second-order valence-corrected chi connectivity index (χ2v) is 6.91. The highest BCUT2D eigenvalue weighted by Gasteiger charge is 2.24. The minimum Gasteiger partial charge on any atom is -0.493 e.